The van der Waals surface area contributed by atoms with Gasteiger partial charge in [-0.1, -0.05) is 38.1 Å². The Morgan fingerprint density at radius 3 is 2.74 bits per heavy atom. The minimum atomic E-state index is -0.800. The summed E-state index contributed by atoms with van der Waals surface area (Å²) in [5.41, 5.74) is 4.79. The largest absolute Gasteiger partial charge is 0.475 e. The van der Waals surface area contributed by atoms with Crippen molar-refractivity contribution >= 4 is 29.4 Å². The number of carbonyl (C=O) groups is 3. The van der Waals surface area contributed by atoms with E-state index in [2.05, 4.69) is 15.5 Å². The van der Waals surface area contributed by atoms with Crippen molar-refractivity contribution in [1.29, 1.82) is 0 Å². The standard InChI is InChI=1S/C28H34N4O6S/c1-17(2)25(23-13-24(31-38-23)37-11-5-4-10-33)28(36)32-15-21(34)12-22(32)27(35)29-14-19-6-8-20(9-7-19)26-18(3)30-16-39-26/h6-10,13,16-17,21-22,25,34H,4-5,11-12,14-15H2,1-3H3,(H,29,35). The fourth-order valence-electron chi connectivity index (χ4n) is 4.71. The zero-order valence-corrected chi connectivity index (χ0v) is 23.1. The molecule has 4 rings (SSSR count). The monoisotopic (exact) mass is 554 g/mol. The van der Waals surface area contributed by atoms with Gasteiger partial charge >= 0.3 is 0 Å². The number of aldehydes is 1. The molecule has 10 nitrogen and oxygen atoms in total. The number of aromatic nitrogens is 2. The van der Waals surface area contributed by atoms with Crippen molar-refractivity contribution in [2.75, 3.05) is 13.2 Å². The number of likely N-dealkylation sites (tertiary alicyclic amines) is 1. The maximum atomic E-state index is 13.7. The molecule has 3 atom stereocenters. The molecule has 1 aromatic carbocycles. The van der Waals surface area contributed by atoms with Gasteiger partial charge in [0.25, 0.3) is 5.88 Å². The van der Waals surface area contributed by atoms with Gasteiger partial charge in [0, 0.05) is 32.0 Å². The van der Waals surface area contributed by atoms with Crippen LogP contribution in [0.5, 0.6) is 5.88 Å². The summed E-state index contributed by atoms with van der Waals surface area (Å²) in [6, 6.07) is 8.69. The van der Waals surface area contributed by atoms with Crippen LogP contribution < -0.4 is 10.1 Å². The van der Waals surface area contributed by atoms with Gasteiger partial charge in [-0.2, -0.15) is 0 Å². The lowest BCUT2D eigenvalue weighted by atomic mass is 9.91. The van der Waals surface area contributed by atoms with Gasteiger partial charge in [-0.05, 0) is 35.5 Å². The van der Waals surface area contributed by atoms with Gasteiger partial charge in [0.05, 0.1) is 28.8 Å². The number of amides is 2. The molecule has 3 heterocycles. The SMILES string of the molecule is Cc1ncsc1-c1ccc(CNC(=O)C2CC(O)CN2C(=O)C(c2cc(OCCCC=O)no2)C(C)C)cc1. The minimum absolute atomic E-state index is 0.0617. The third kappa shape index (κ3) is 6.90. The summed E-state index contributed by atoms with van der Waals surface area (Å²) in [4.78, 5) is 44.2. The average molecular weight is 555 g/mol. The summed E-state index contributed by atoms with van der Waals surface area (Å²) < 4.78 is 11.0. The highest BCUT2D eigenvalue weighted by Crippen LogP contribution is 2.32. The van der Waals surface area contributed by atoms with Crippen molar-refractivity contribution in [3.8, 4) is 16.3 Å². The second-order valence-electron chi connectivity index (χ2n) is 10.0. The van der Waals surface area contributed by atoms with Crippen LogP contribution >= 0.6 is 11.3 Å². The van der Waals surface area contributed by atoms with Crippen molar-refractivity contribution in [3.63, 3.8) is 0 Å². The van der Waals surface area contributed by atoms with E-state index in [1.807, 2.05) is 50.5 Å². The fraction of sp³-hybridized carbons (Fsp3) is 0.464. The first-order valence-electron chi connectivity index (χ1n) is 13.1. The lowest BCUT2D eigenvalue weighted by Gasteiger charge is -2.28. The van der Waals surface area contributed by atoms with Gasteiger partial charge in [0.1, 0.15) is 18.2 Å². The van der Waals surface area contributed by atoms with Crippen molar-refractivity contribution < 1.29 is 28.8 Å². The zero-order chi connectivity index (χ0) is 27.9. The van der Waals surface area contributed by atoms with E-state index in [1.54, 1.807) is 17.4 Å². The quantitative estimate of drug-likeness (QED) is 0.257. The van der Waals surface area contributed by atoms with E-state index >= 15 is 0 Å². The number of β-amino-alcohol motifs (C(OH)–C–C–N with tert-alkyl or cyclic N) is 1. The Hall–Kier alpha value is -3.57. The number of ether oxygens (including phenoxy) is 1. The molecule has 208 valence electrons. The number of aliphatic hydroxyl groups excluding tert-OH is 1. The Labute approximate surface area is 231 Å². The van der Waals surface area contributed by atoms with Crippen LogP contribution in [-0.2, 0) is 20.9 Å². The van der Waals surface area contributed by atoms with Crippen molar-refractivity contribution in [2.24, 2.45) is 5.92 Å². The number of nitrogens with one attached hydrogen (secondary N) is 1. The lowest BCUT2D eigenvalue weighted by molar-refractivity contribution is -0.141. The summed E-state index contributed by atoms with van der Waals surface area (Å²) in [6.07, 6.45) is 1.12. The molecule has 0 spiro atoms. The fourth-order valence-corrected chi connectivity index (χ4v) is 5.52. The third-order valence-electron chi connectivity index (χ3n) is 6.76. The van der Waals surface area contributed by atoms with Gasteiger partial charge < -0.3 is 29.4 Å². The summed E-state index contributed by atoms with van der Waals surface area (Å²) >= 11 is 1.58. The molecule has 3 aromatic rings. The number of benzene rings is 1. The predicted octanol–water partition coefficient (Wildman–Crippen LogP) is 3.48. The normalized spacial score (nSPS) is 17.8. The van der Waals surface area contributed by atoms with Crippen molar-refractivity contribution in [3.05, 3.63) is 52.9 Å². The van der Waals surface area contributed by atoms with Gasteiger partial charge in [0.2, 0.25) is 11.8 Å². The average Bonchev–Trinajstić information content (AvgIpc) is 3.65. The number of hydrogen-bond acceptors (Lipinski definition) is 9. The van der Waals surface area contributed by atoms with Crippen LogP contribution in [0.15, 0.2) is 40.4 Å². The molecule has 2 N–H and O–H groups in total. The molecule has 1 saturated heterocycles. The van der Waals surface area contributed by atoms with Crippen LogP contribution in [0.1, 0.15) is 56.0 Å². The van der Waals surface area contributed by atoms with Gasteiger partial charge in [0.15, 0.2) is 5.76 Å². The molecule has 2 amide bonds. The topological polar surface area (TPSA) is 135 Å². The van der Waals surface area contributed by atoms with Crippen LogP contribution in [0.25, 0.3) is 10.4 Å². The Balaban J connectivity index is 1.40. The molecule has 0 saturated carbocycles. The second-order valence-corrected chi connectivity index (χ2v) is 10.9. The van der Waals surface area contributed by atoms with Crippen molar-refractivity contribution in [2.45, 2.75) is 64.6 Å². The second kappa shape index (κ2) is 13.0. The first kappa shape index (κ1) is 28.4. The molecular weight excluding hydrogens is 520 g/mol. The van der Waals surface area contributed by atoms with Crippen LogP contribution in [0.2, 0.25) is 0 Å². The van der Waals surface area contributed by atoms with Gasteiger partial charge in [-0.25, -0.2) is 4.98 Å². The Bertz CT molecular complexity index is 1270. The molecule has 0 bridgehead atoms. The number of unbranched alkanes of at least 4 members (excludes halogenated alkanes) is 1. The van der Waals surface area contributed by atoms with Crippen LogP contribution in [0, 0.1) is 12.8 Å². The number of hydrogen-bond donors (Lipinski definition) is 2. The number of aryl methyl sites for hydroxylation is 1. The zero-order valence-electron chi connectivity index (χ0n) is 22.3. The molecule has 1 aliphatic rings. The maximum absolute atomic E-state index is 13.7. The van der Waals surface area contributed by atoms with Crippen molar-refractivity contribution in [1.82, 2.24) is 20.4 Å². The maximum Gasteiger partial charge on any atom is 0.254 e. The Kier molecular flexibility index (Phi) is 9.47. The number of thiazole rings is 1. The molecular formula is C28H34N4O6S. The van der Waals surface area contributed by atoms with Crippen LogP contribution in [-0.4, -0.2) is 63.5 Å². The number of rotatable bonds is 12. The molecule has 3 unspecified atom stereocenters. The van der Waals surface area contributed by atoms with Gasteiger partial charge in [-0.15, -0.1) is 11.3 Å². The summed E-state index contributed by atoms with van der Waals surface area (Å²) in [7, 11) is 0. The van der Waals surface area contributed by atoms with Crippen LogP contribution in [0.3, 0.4) is 0 Å². The summed E-state index contributed by atoms with van der Waals surface area (Å²) in [5.74, 6) is -0.918. The third-order valence-corrected chi connectivity index (χ3v) is 7.73. The molecule has 39 heavy (non-hydrogen) atoms. The first-order chi connectivity index (χ1) is 18.8. The molecule has 2 aromatic heterocycles. The summed E-state index contributed by atoms with van der Waals surface area (Å²) in [5, 5.41) is 17.2. The van der Waals surface area contributed by atoms with E-state index in [0.717, 1.165) is 28.0 Å². The van der Waals surface area contributed by atoms with Gasteiger partial charge in [-0.3, -0.25) is 9.59 Å². The minimum Gasteiger partial charge on any atom is -0.475 e. The highest BCUT2D eigenvalue weighted by molar-refractivity contribution is 7.13. The lowest BCUT2D eigenvalue weighted by Crippen LogP contribution is -2.48. The molecule has 1 aliphatic heterocycles. The Morgan fingerprint density at radius 1 is 1.31 bits per heavy atom. The first-order valence-corrected chi connectivity index (χ1v) is 13.9. The van der Waals surface area contributed by atoms with E-state index in [4.69, 9.17) is 9.26 Å². The van der Waals surface area contributed by atoms with E-state index in [9.17, 15) is 19.5 Å². The van der Waals surface area contributed by atoms with E-state index < -0.39 is 18.1 Å². The predicted molar refractivity (Wildman–Crippen MR) is 145 cm³/mol. The summed E-state index contributed by atoms with van der Waals surface area (Å²) in [6.45, 7) is 6.41. The highest BCUT2D eigenvalue weighted by Gasteiger charge is 2.43. The molecule has 0 radical (unpaired) electrons. The molecule has 1 fully saturated rings. The molecule has 0 aliphatic carbocycles. The highest BCUT2D eigenvalue weighted by atomic mass is 32.1. The Morgan fingerprint density at radius 2 is 2.08 bits per heavy atom. The molecule has 11 heteroatoms. The number of nitrogens with zero attached hydrogens (tertiary/aromatic N) is 3. The van der Waals surface area contributed by atoms with E-state index in [-0.39, 0.29) is 36.6 Å². The van der Waals surface area contributed by atoms with E-state index in [0.29, 0.717) is 31.8 Å². The number of aliphatic hydroxyl groups is 1. The van der Waals surface area contributed by atoms with Crippen LogP contribution in [0.4, 0.5) is 0 Å². The smallest absolute Gasteiger partial charge is 0.254 e. The number of carbonyl (C=O) groups excluding carboxylic acids is 3. The van der Waals surface area contributed by atoms with E-state index in [1.165, 1.54) is 4.90 Å².